The van der Waals surface area contributed by atoms with Crippen molar-refractivity contribution in [3.05, 3.63) is 242 Å². The van der Waals surface area contributed by atoms with Crippen molar-refractivity contribution in [3.63, 3.8) is 0 Å². The predicted octanol–water partition coefficient (Wildman–Crippen LogP) is 13.1. The van der Waals surface area contributed by atoms with Gasteiger partial charge in [0.2, 0.25) is 0 Å². The molecule has 0 bridgehead atoms. The van der Waals surface area contributed by atoms with Gasteiger partial charge in [-0.1, -0.05) is 40.9 Å². The molecular formula is C78H51N18O5S2+5. The van der Waals surface area contributed by atoms with E-state index < -0.39 is 6.98 Å². The molecule has 490 valence electrons. The summed E-state index contributed by atoms with van der Waals surface area (Å²) in [5, 5.41) is 1.32. The van der Waals surface area contributed by atoms with Gasteiger partial charge in [-0.25, -0.2) is 29.1 Å². The number of furan rings is 1. The highest BCUT2D eigenvalue weighted by molar-refractivity contribution is 7.32. The van der Waals surface area contributed by atoms with E-state index in [1.807, 2.05) is 154 Å². The molecule has 26 rings (SSSR count). The van der Waals surface area contributed by atoms with Crippen molar-refractivity contribution in [2.24, 2.45) is 14.0 Å². The lowest BCUT2D eigenvalue weighted by Gasteiger charge is -1.99. The van der Waals surface area contributed by atoms with E-state index in [9.17, 15) is 0 Å². The lowest BCUT2D eigenvalue weighted by Crippen LogP contribution is -2.32. The van der Waals surface area contributed by atoms with Crippen molar-refractivity contribution in [1.82, 2.24) is 63.5 Å². The van der Waals surface area contributed by atoms with Crippen molar-refractivity contribution in [2.75, 3.05) is 0 Å². The number of fused-ring (bicyclic) bond motifs is 35. The van der Waals surface area contributed by atoms with Gasteiger partial charge in [-0.15, -0.1) is 4.57 Å². The minimum Gasteiger partial charge on any atom is -0.411 e. The number of thiophene rings is 1. The molecule has 20 aromatic heterocycles. The third kappa shape index (κ3) is 8.44. The van der Waals surface area contributed by atoms with Gasteiger partial charge in [0.15, 0.2) is 57.3 Å². The zero-order chi connectivity index (χ0) is 70.2. The minimum atomic E-state index is -2.32. The molecule has 0 aliphatic carbocycles. The standard InChI is InChI=1S/C20H13N4O.2C15H11N4O.C14H8N3O2.C14H8N3S2/c1-2-5-14(6-3-1)24-16-7-4-9-22-17(16)18-19(24)23-12-13-8-10-21-11-15(13)20(23)25-18;2*1-18-11-3-2-5-17-12(11)13-14(18)19-8-9-4-6-16-7-10(9)15(19)20-13;2*1-2-10-11(16-4-1)12-14(18-10)17-7-8-3-5-15-6-9(8)13(17)19-12/h1-11H,12H2;2*2-7H,8H2,1H3;2*1-6H,7H2/q5*+1/i;1D3;;;. The first kappa shape index (κ1) is 54.5. The van der Waals surface area contributed by atoms with Crippen LogP contribution >= 0.6 is 22.7 Å². The third-order valence-corrected chi connectivity index (χ3v) is 22.3. The molecule has 5 aliphatic rings. The molecule has 25 heteroatoms. The highest BCUT2D eigenvalue weighted by Crippen LogP contribution is 2.43. The number of hydrogen-bond donors (Lipinski definition) is 0. The fraction of sp³-hybridized carbons (Fsp3) is 0.0897. The Morgan fingerprint density at radius 1 is 0.379 bits per heavy atom. The van der Waals surface area contributed by atoms with Crippen LogP contribution in [-0.4, -0.2) is 63.5 Å². The van der Waals surface area contributed by atoms with E-state index in [2.05, 4.69) is 122 Å². The van der Waals surface area contributed by atoms with Gasteiger partial charge in [-0.2, -0.15) is 22.8 Å². The molecule has 0 spiro atoms. The van der Waals surface area contributed by atoms with Crippen LogP contribution in [0, 0.1) is 0 Å². The number of hydrogen-bond acceptors (Lipinski definition) is 17. The molecule has 23 nitrogen and oxygen atoms in total. The number of nitrogens with zero attached hydrogens (tertiary/aromatic N) is 18. The average molecular weight is 1390 g/mol. The van der Waals surface area contributed by atoms with Gasteiger partial charge in [-0.3, -0.25) is 29.9 Å². The fourth-order valence-corrected chi connectivity index (χ4v) is 17.8. The first-order valence-electron chi connectivity index (χ1n) is 34.7. The maximum absolute atomic E-state index is 7.92. The van der Waals surface area contributed by atoms with Crippen molar-refractivity contribution >= 4 is 132 Å². The Bertz CT molecular complexity index is 7100. The molecule has 21 aromatic rings. The van der Waals surface area contributed by atoms with Gasteiger partial charge in [-0.05, 0) is 103 Å². The van der Waals surface area contributed by atoms with Crippen LogP contribution < -0.4 is 22.8 Å². The molecular weight excluding hydrogens is 1330 g/mol. The summed E-state index contributed by atoms with van der Waals surface area (Å²) in [6.07, 6.45) is 27.2. The van der Waals surface area contributed by atoms with E-state index in [1.165, 1.54) is 51.6 Å². The van der Waals surface area contributed by atoms with Crippen molar-refractivity contribution in [2.45, 2.75) is 32.7 Å². The maximum atomic E-state index is 7.92. The van der Waals surface area contributed by atoms with E-state index in [0.29, 0.717) is 40.3 Å². The number of oxazole rings is 4. The van der Waals surface area contributed by atoms with Gasteiger partial charge in [0.05, 0.1) is 45.1 Å². The lowest BCUT2D eigenvalue weighted by molar-refractivity contribution is -0.655. The maximum Gasteiger partial charge on any atom is 0.423 e. The Hall–Kier alpha value is -13.4. The molecule has 0 fully saturated rings. The number of aromatic nitrogens is 18. The van der Waals surface area contributed by atoms with Crippen LogP contribution in [0.2, 0.25) is 0 Å². The number of benzene rings is 1. The molecule has 1 aromatic carbocycles. The largest absolute Gasteiger partial charge is 0.423 e. The third-order valence-electron chi connectivity index (χ3n) is 19.8. The molecule has 0 amide bonds. The monoisotopic (exact) mass is 1390 g/mol. The second-order valence-electron chi connectivity index (χ2n) is 25.4. The van der Waals surface area contributed by atoms with E-state index in [1.54, 1.807) is 49.3 Å². The zero-order valence-corrected chi connectivity index (χ0v) is 55.8. The normalized spacial score (nSPS) is 13.5. The Balaban J connectivity index is 0.0000000830. The van der Waals surface area contributed by atoms with Crippen LogP contribution in [0.5, 0.6) is 0 Å². The van der Waals surface area contributed by atoms with Crippen molar-refractivity contribution in [3.8, 4) is 62.1 Å². The zero-order valence-electron chi connectivity index (χ0n) is 57.2. The van der Waals surface area contributed by atoms with Crippen molar-refractivity contribution in [1.29, 1.82) is 0 Å². The number of pyridine rings is 10. The molecule has 5 aliphatic heterocycles. The molecule has 0 unspecified atom stereocenters. The second kappa shape index (κ2) is 22.1. The fourth-order valence-electron chi connectivity index (χ4n) is 15.2. The summed E-state index contributed by atoms with van der Waals surface area (Å²) >= 11 is 3.67. The number of thiazole rings is 1. The van der Waals surface area contributed by atoms with Crippen LogP contribution in [0.25, 0.3) is 171 Å². The van der Waals surface area contributed by atoms with Gasteiger partial charge in [0.25, 0.3) is 49.8 Å². The van der Waals surface area contributed by atoms with E-state index in [0.717, 1.165) is 144 Å². The Labute approximate surface area is 591 Å². The SMILES string of the molecule is Cn1c2cccnc2c2oc3[n+](c21)Cc1ccncc1-3.[2H]C([2H])([2H])n1c2cccnc2c2oc3[n+](c21)Cc1ccncc1-3.c1ccc(-n2c3cccnc3c3oc4[n+](c32)Cc2ccncc2-4)cc1.c1cnc2c(c1)oc1c2oc2[n+]1Cc1ccncc1-2.c1cnc2c(c1)sc1c2sc2[n+]1Cc1ccncc1-2. The molecule has 0 saturated carbocycles. The molecule has 0 atom stereocenters. The number of rotatable bonds is 1. The summed E-state index contributed by atoms with van der Waals surface area (Å²) in [6, 6.07) is 39.9. The predicted molar refractivity (Wildman–Crippen MR) is 383 cm³/mol. The minimum absolute atomic E-state index is 0.501. The Kier molecular flexibility index (Phi) is 11.7. The summed E-state index contributed by atoms with van der Waals surface area (Å²) < 4.78 is 73.0. The van der Waals surface area contributed by atoms with Crippen LogP contribution in [0.1, 0.15) is 31.9 Å². The van der Waals surface area contributed by atoms with Crippen LogP contribution in [0.3, 0.4) is 0 Å². The number of aryl methyl sites for hydroxylation is 2. The quantitative estimate of drug-likeness (QED) is 0.139. The first-order chi connectivity index (χ1) is 52.1. The smallest absolute Gasteiger partial charge is 0.411 e. The van der Waals surface area contributed by atoms with Gasteiger partial charge in [0.1, 0.15) is 41.1 Å². The number of para-hydroxylation sites is 1. The molecule has 0 N–H and O–H groups in total. The van der Waals surface area contributed by atoms with E-state index in [4.69, 9.17) is 26.2 Å². The van der Waals surface area contributed by atoms with Crippen LogP contribution in [-0.2, 0) is 46.7 Å². The van der Waals surface area contributed by atoms with Gasteiger partial charge in [0, 0.05) is 121 Å². The molecule has 25 heterocycles. The summed E-state index contributed by atoms with van der Waals surface area (Å²) in [5.74, 6) is 3.15. The molecule has 0 saturated heterocycles. The highest BCUT2D eigenvalue weighted by Gasteiger charge is 2.41. The van der Waals surface area contributed by atoms with Gasteiger partial charge < -0.3 is 22.1 Å². The second-order valence-corrected chi connectivity index (χ2v) is 27.5. The average Bonchev–Trinajstić information content (AvgIpc) is 1.58. The van der Waals surface area contributed by atoms with E-state index >= 15 is 0 Å². The van der Waals surface area contributed by atoms with Crippen molar-refractivity contribution < 1.29 is 49.0 Å². The molecule has 103 heavy (non-hydrogen) atoms. The molecule has 0 radical (unpaired) electrons. The van der Waals surface area contributed by atoms with Crippen LogP contribution in [0.4, 0.5) is 0 Å². The Morgan fingerprint density at radius 3 is 1.40 bits per heavy atom. The van der Waals surface area contributed by atoms with Gasteiger partial charge >= 0.3 is 28.5 Å². The summed E-state index contributed by atoms with van der Waals surface area (Å²) in [5.41, 5.74) is 26.5. The summed E-state index contributed by atoms with van der Waals surface area (Å²) in [7, 11) is 2.05. The summed E-state index contributed by atoms with van der Waals surface area (Å²) in [6.45, 7) is 1.56. The van der Waals surface area contributed by atoms with Crippen LogP contribution in [0.15, 0.2) is 236 Å². The summed E-state index contributed by atoms with van der Waals surface area (Å²) in [4.78, 5) is 44.5. The lowest BCUT2D eigenvalue weighted by atomic mass is 10.2. The van der Waals surface area contributed by atoms with E-state index in [-0.39, 0.29) is 0 Å². The topological polar surface area (TPSA) is 229 Å². The first-order valence-corrected chi connectivity index (χ1v) is 34.8. The highest BCUT2D eigenvalue weighted by atomic mass is 32.1. The Morgan fingerprint density at radius 2 is 0.816 bits per heavy atom.